The molecule has 3 heteroatoms. The van der Waals surface area contributed by atoms with E-state index < -0.39 is 0 Å². The number of rotatable bonds is 6. The van der Waals surface area contributed by atoms with Crippen LogP contribution in [0.3, 0.4) is 0 Å². The van der Waals surface area contributed by atoms with Gasteiger partial charge in [0.05, 0.1) is 12.5 Å². The fourth-order valence-corrected chi connectivity index (χ4v) is 4.86. The van der Waals surface area contributed by atoms with E-state index in [4.69, 9.17) is 10.5 Å². The zero-order valence-corrected chi connectivity index (χ0v) is 15.9. The summed E-state index contributed by atoms with van der Waals surface area (Å²) in [6, 6.07) is 7.99. The minimum atomic E-state index is -0.323. The fourth-order valence-electron chi connectivity index (χ4n) is 4.86. The molecule has 0 aromatic heterocycles. The monoisotopic (exact) mass is 353 g/mol. The van der Waals surface area contributed by atoms with Gasteiger partial charge in [-0.05, 0) is 68.1 Å². The molecule has 0 bridgehead atoms. The second kappa shape index (κ2) is 8.62. The van der Waals surface area contributed by atoms with Crippen LogP contribution in [0.4, 0.5) is 0 Å². The van der Waals surface area contributed by atoms with Crippen LogP contribution in [0.2, 0.25) is 0 Å². The Bertz CT molecular complexity index is 662. The molecule has 0 saturated heterocycles. The number of carbonyl (C=O) groups is 1. The number of amides is 1. The Balaban J connectivity index is 1.53. The van der Waals surface area contributed by atoms with Crippen molar-refractivity contribution < 1.29 is 9.53 Å². The molecule has 1 unspecified atom stereocenters. The van der Waals surface area contributed by atoms with Crippen molar-refractivity contribution in [2.45, 2.75) is 70.6 Å². The van der Waals surface area contributed by atoms with Crippen LogP contribution in [0.5, 0.6) is 5.75 Å². The summed E-state index contributed by atoms with van der Waals surface area (Å²) in [6.07, 6.45) is 11.4. The summed E-state index contributed by atoms with van der Waals surface area (Å²) in [5.41, 5.74) is 6.99. The van der Waals surface area contributed by atoms with Gasteiger partial charge in [0.25, 0.3) is 0 Å². The highest BCUT2D eigenvalue weighted by Crippen LogP contribution is 2.51. The lowest BCUT2D eigenvalue weighted by Gasteiger charge is -2.33. The lowest BCUT2D eigenvalue weighted by molar-refractivity contribution is -0.118. The van der Waals surface area contributed by atoms with Crippen molar-refractivity contribution in [3.05, 3.63) is 29.8 Å². The Morgan fingerprint density at radius 2 is 1.96 bits per heavy atom. The average molecular weight is 354 g/mol. The van der Waals surface area contributed by atoms with E-state index in [1.807, 2.05) is 24.3 Å². The number of benzene rings is 1. The highest BCUT2D eigenvalue weighted by molar-refractivity contribution is 5.75. The first-order chi connectivity index (χ1) is 12.6. The third-order valence-electron chi connectivity index (χ3n) is 6.21. The van der Waals surface area contributed by atoms with Crippen LogP contribution in [-0.4, -0.2) is 12.5 Å². The normalized spacial score (nSPS) is 22.4. The fraction of sp³-hybridized carbons (Fsp3) is 0.609. The molecule has 2 aliphatic carbocycles. The molecular formula is C23H31NO2. The summed E-state index contributed by atoms with van der Waals surface area (Å²) >= 11 is 0. The van der Waals surface area contributed by atoms with Crippen molar-refractivity contribution in [1.82, 2.24) is 0 Å². The molecule has 0 aliphatic heterocycles. The van der Waals surface area contributed by atoms with Gasteiger partial charge < -0.3 is 10.5 Å². The van der Waals surface area contributed by atoms with Gasteiger partial charge in [0.2, 0.25) is 5.91 Å². The maximum Gasteiger partial charge on any atom is 0.219 e. The van der Waals surface area contributed by atoms with Crippen LogP contribution in [0.15, 0.2) is 24.3 Å². The predicted molar refractivity (Wildman–Crippen MR) is 105 cm³/mol. The van der Waals surface area contributed by atoms with Crippen LogP contribution in [0, 0.1) is 23.2 Å². The molecule has 140 valence electrons. The minimum Gasteiger partial charge on any atom is -0.493 e. The standard InChI is InChI=1S/C23H31NO2/c1-2-6-20(15-22(24)25)19-7-9-21(10-8-19)26-17-18-11-14-23(16-18)12-4-3-5-13-23/h7-10,18,20H,3-5,11-17H2,1H3,(H2,24,25)/t18?,20-/m0/s1. The van der Waals surface area contributed by atoms with E-state index in [-0.39, 0.29) is 18.2 Å². The zero-order chi connectivity index (χ0) is 18.4. The van der Waals surface area contributed by atoms with Crippen molar-refractivity contribution in [2.75, 3.05) is 6.61 Å². The summed E-state index contributed by atoms with van der Waals surface area (Å²) in [4.78, 5) is 11.2. The van der Waals surface area contributed by atoms with Gasteiger partial charge >= 0.3 is 0 Å². The quantitative estimate of drug-likeness (QED) is 0.747. The van der Waals surface area contributed by atoms with Gasteiger partial charge in [-0.25, -0.2) is 0 Å². The Morgan fingerprint density at radius 3 is 2.62 bits per heavy atom. The summed E-state index contributed by atoms with van der Waals surface area (Å²) in [5.74, 6) is 7.10. The Morgan fingerprint density at radius 1 is 1.23 bits per heavy atom. The van der Waals surface area contributed by atoms with Gasteiger partial charge in [0, 0.05) is 6.42 Å². The van der Waals surface area contributed by atoms with E-state index in [1.165, 1.54) is 51.4 Å². The van der Waals surface area contributed by atoms with Crippen LogP contribution >= 0.6 is 0 Å². The highest BCUT2D eigenvalue weighted by Gasteiger charge is 2.39. The van der Waals surface area contributed by atoms with Crippen LogP contribution in [-0.2, 0) is 4.79 Å². The Hall–Kier alpha value is -1.95. The second-order valence-corrected chi connectivity index (χ2v) is 8.17. The molecule has 1 spiro atoms. The minimum absolute atomic E-state index is 0.132. The first-order valence-corrected chi connectivity index (χ1v) is 10.0. The van der Waals surface area contributed by atoms with Crippen molar-refractivity contribution >= 4 is 5.91 Å². The largest absolute Gasteiger partial charge is 0.493 e. The van der Waals surface area contributed by atoms with Crippen molar-refractivity contribution in [1.29, 1.82) is 0 Å². The van der Waals surface area contributed by atoms with Crippen molar-refractivity contribution in [3.8, 4) is 17.6 Å². The molecule has 1 aromatic rings. The molecular weight excluding hydrogens is 322 g/mol. The molecule has 0 radical (unpaired) electrons. The number of hydrogen-bond acceptors (Lipinski definition) is 2. The number of hydrogen-bond donors (Lipinski definition) is 1. The molecule has 0 heterocycles. The lowest BCUT2D eigenvalue weighted by atomic mass is 9.72. The van der Waals surface area contributed by atoms with Crippen molar-refractivity contribution in [2.24, 2.45) is 17.1 Å². The van der Waals surface area contributed by atoms with Crippen LogP contribution in [0.1, 0.15) is 76.2 Å². The van der Waals surface area contributed by atoms with E-state index >= 15 is 0 Å². The zero-order valence-electron chi connectivity index (χ0n) is 15.9. The van der Waals surface area contributed by atoms with Gasteiger partial charge in [-0.15, -0.1) is 5.92 Å². The average Bonchev–Trinajstić information content (AvgIpc) is 3.03. The topological polar surface area (TPSA) is 52.3 Å². The predicted octanol–water partition coefficient (Wildman–Crippen LogP) is 4.80. The molecule has 3 rings (SSSR count). The van der Waals surface area contributed by atoms with Gasteiger partial charge in [-0.3, -0.25) is 4.79 Å². The van der Waals surface area contributed by atoms with Gasteiger partial charge in [-0.1, -0.05) is 37.3 Å². The molecule has 3 nitrogen and oxygen atoms in total. The first-order valence-electron chi connectivity index (χ1n) is 10.0. The third-order valence-corrected chi connectivity index (χ3v) is 6.21. The maximum absolute atomic E-state index is 11.2. The van der Waals surface area contributed by atoms with Gasteiger partial charge in [0.1, 0.15) is 5.75 Å². The summed E-state index contributed by atoms with van der Waals surface area (Å²) in [5, 5.41) is 0. The smallest absolute Gasteiger partial charge is 0.219 e. The second-order valence-electron chi connectivity index (χ2n) is 8.17. The molecule has 2 saturated carbocycles. The number of primary amides is 1. The summed E-state index contributed by atoms with van der Waals surface area (Å²) < 4.78 is 6.07. The molecule has 2 aliphatic rings. The van der Waals surface area contributed by atoms with E-state index in [0.717, 1.165) is 17.9 Å². The van der Waals surface area contributed by atoms with E-state index in [1.54, 1.807) is 6.92 Å². The molecule has 1 aromatic carbocycles. The van der Waals surface area contributed by atoms with Gasteiger partial charge in [-0.2, -0.15) is 0 Å². The SMILES string of the molecule is CC#C[C@@H](CC(N)=O)c1ccc(OCC2CCC3(CCCCC3)C2)cc1. The molecule has 2 atom stereocenters. The van der Waals surface area contributed by atoms with Crippen LogP contribution in [0.25, 0.3) is 0 Å². The molecule has 1 amide bonds. The molecule has 2 N–H and O–H groups in total. The summed E-state index contributed by atoms with van der Waals surface area (Å²) in [6.45, 7) is 2.60. The molecule has 26 heavy (non-hydrogen) atoms. The third kappa shape index (κ3) is 4.81. The number of carbonyl (C=O) groups excluding carboxylic acids is 1. The number of nitrogens with two attached hydrogens (primary N) is 1. The van der Waals surface area contributed by atoms with E-state index in [0.29, 0.717) is 11.3 Å². The maximum atomic E-state index is 11.2. The van der Waals surface area contributed by atoms with Crippen LogP contribution < -0.4 is 10.5 Å². The highest BCUT2D eigenvalue weighted by atomic mass is 16.5. The van der Waals surface area contributed by atoms with Gasteiger partial charge in [0.15, 0.2) is 0 Å². The number of ether oxygens (including phenoxy) is 1. The van der Waals surface area contributed by atoms with Crippen molar-refractivity contribution in [3.63, 3.8) is 0 Å². The summed E-state index contributed by atoms with van der Waals surface area (Å²) in [7, 11) is 0. The van der Waals surface area contributed by atoms with E-state index in [2.05, 4.69) is 11.8 Å². The Kier molecular flexibility index (Phi) is 6.25. The Labute approximate surface area is 157 Å². The van der Waals surface area contributed by atoms with E-state index in [9.17, 15) is 4.79 Å². The lowest BCUT2D eigenvalue weighted by Crippen LogP contribution is -2.21. The first kappa shape index (κ1) is 18.8. The molecule has 2 fully saturated rings.